The number of hydrogen-bond donors (Lipinski definition) is 1. The number of aromatic amines is 1. The molecule has 0 saturated carbocycles. The molecule has 0 fully saturated rings. The fourth-order valence-corrected chi connectivity index (χ4v) is 3.36. The Morgan fingerprint density at radius 3 is 2.85 bits per heavy atom. The number of fused-ring (bicyclic) bond motifs is 3. The molecule has 0 aliphatic heterocycles. The van der Waals surface area contributed by atoms with E-state index in [-0.39, 0.29) is 5.56 Å². The fraction of sp³-hybridized carbons (Fsp3) is 0.188. The zero-order valence-corrected chi connectivity index (χ0v) is 13.5. The maximum atomic E-state index is 12.2. The number of halogens is 1. The first-order chi connectivity index (χ1) is 9.70. The van der Waals surface area contributed by atoms with Crippen molar-refractivity contribution in [3.05, 3.63) is 56.9 Å². The van der Waals surface area contributed by atoms with Crippen molar-refractivity contribution in [2.75, 3.05) is 12.0 Å². The summed E-state index contributed by atoms with van der Waals surface area (Å²) in [5.41, 5.74) is 1.28. The van der Waals surface area contributed by atoms with E-state index in [0.29, 0.717) is 0 Å². The molecule has 0 aliphatic rings. The van der Waals surface area contributed by atoms with Crippen molar-refractivity contribution >= 4 is 49.2 Å². The lowest BCUT2D eigenvalue weighted by Crippen LogP contribution is -2.06. The quantitative estimate of drug-likeness (QED) is 0.714. The molecule has 0 bridgehead atoms. The molecule has 3 rings (SSSR count). The fourth-order valence-electron chi connectivity index (χ4n) is 2.58. The van der Waals surface area contributed by atoms with Crippen molar-refractivity contribution in [1.29, 1.82) is 0 Å². The average molecular weight is 348 g/mol. The van der Waals surface area contributed by atoms with E-state index in [1.54, 1.807) is 6.20 Å². The van der Waals surface area contributed by atoms with Crippen molar-refractivity contribution < 1.29 is 0 Å². The molecule has 1 N–H and O–H groups in total. The van der Waals surface area contributed by atoms with E-state index in [1.165, 1.54) is 10.9 Å². The van der Waals surface area contributed by atoms with Crippen LogP contribution in [0.25, 0.3) is 21.5 Å². The molecule has 0 atom stereocenters. The minimum absolute atomic E-state index is 0.0259. The van der Waals surface area contributed by atoms with Gasteiger partial charge in [-0.3, -0.25) is 4.79 Å². The average Bonchev–Trinajstić information content (AvgIpc) is 2.44. The van der Waals surface area contributed by atoms with Crippen LogP contribution in [0.4, 0.5) is 0 Å². The van der Waals surface area contributed by atoms with Crippen LogP contribution in [0.15, 0.2) is 45.8 Å². The largest absolute Gasteiger partial charge is 0.329 e. The van der Waals surface area contributed by atoms with E-state index in [9.17, 15) is 4.79 Å². The standard InChI is InChI=1S/C16H14BrNOS/c1-20-7-5-10-8-11-4-6-18-16(19)15(11)14-9-12(17)2-3-13(10)14/h2-4,6,8-9H,5,7H2,1H3,(H,18,19). The van der Waals surface area contributed by atoms with Gasteiger partial charge in [-0.1, -0.05) is 28.1 Å². The van der Waals surface area contributed by atoms with Crippen molar-refractivity contribution in [3.63, 3.8) is 0 Å². The summed E-state index contributed by atoms with van der Waals surface area (Å²) in [6, 6.07) is 10.3. The van der Waals surface area contributed by atoms with Crippen LogP contribution in [0.1, 0.15) is 5.56 Å². The van der Waals surface area contributed by atoms with Crippen LogP contribution in [0, 0.1) is 0 Å². The van der Waals surface area contributed by atoms with Gasteiger partial charge < -0.3 is 4.98 Å². The summed E-state index contributed by atoms with van der Waals surface area (Å²) in [5, 5.41) is 3.98. The molecule has 0 aliphatic carbocycles. The second-order valence-electron chi connectivity index (χ2n) is 4.74. The van der Waals surface area contributed by atoms with E-state index < -0.39 is 0 Å². The van der Waals surface area contributed by atoms with E-state index in [1.807, 2.05) is 30.0 Å². The third-order valence-electron chi connectivity index (χ3n) is 3.50. The third kappa shape index (κ3) is 2.38. The Kier molecular flexibility index (Phi) is 3.85. The monoisotopic (exact) mass is 347 g/mol. The highest BCUT2D eigenvalue weighted by atomic mass is 79.9. The second-order valence-corrected chi connectivity index (χ2v) is 6.64. The van der Waals surface area contributed by atoms with Gasteiger partial charge >= 0.3 is 0 Å². The van der Waals surface area contributed by atoms with Gasteiger partial charge in [0.2, 0.25) is 0 Å². The van der Waals surface area contributed by atoms with Gasteiger partial charge in [-0.25, -0.2) is 0 Å². The zero-order valence-electron chi connectivity index (χ0n) is 11.1. The summed E-state index contributed by atoms with van der Waals surface area (Å²) in [5.74, 6) is 1.08. The second kappa shape index (κ2) is 5.62. The number of thioether (sulfide) groups is 1. The zero-order chi connectivity index (χ0) is 14.1. The molecule has 102 valence electrons. The molecule has 20 heavy (non-hydrogen) atoms. The molecule has 2 aromatic carbocycles. The molecule has 2 nitrogen and oxygen atoms in total. The first-order valence-electron chi connectivity index (χ1n) is 6.42. The van der Waals surface area contributed by atoms with Crippen LogP contribution in [0.5, 0.6) is 0 Å². The smallest absolute Gasteiger partial charge is 0.256 e. The van der Waals surface area contributed by atoms with Crippen molar-refractivity contribution in [1.82, 2.24) is 4.98 Å². The number of pyridine rings is 1. The minimum atomic E-state index is -0.0259. The molecule has 3 aromatic rings. The topological polar surface area (TPSA) is 32.9 Å². The summed E-state index contributed by atoms with van der Waals surface area (Å²) in [4.78, 5) is 14.9. The van der Waals surface area contributed by atoms with Gasteiger partial charge in [0.1, 0.15) is 0 Å². The number of aromatic nitrogens is 1. The third-order valence-corrected chi connectivity index (χ3v) is 4.60. The molecule has 0 saturated heterocycles. The molecule has 0 amide bonds. The number of nitrogens with one attached hydrogen (secondary N) is 1. The van der Waals surface area contributed by atoms with Crippen molar-refractivity contribution in [3.8, 4) is 0 Å². The van der Waals surface area contributed by atoms with Crippen LogP contribution in [0.2, 0.25) is 0 Å². The van der Waals surface area contributed by atoms with Crippen LogP contribution in [-0.4, -0.2) is 17.0 Å². The Morgan fingerprint density at radius 1 is 1.20 bits per heavy atom. The number of H-pyrrole nitrogens is 1. The van der Waals surface area contributed by atoms with Crippen LogP contribution >= 0.6 is 27.7 Å². The molecular weight excluding hydrogens is 334 g/mol. The van der Waals surface area contributed by atoms with Gasteiger partial charge in [-0.05, 0) is 58.4 Å². The van der Waals surface area contributed by atoms with Gasteiger partial charge in [0, 0.05) is 10.7 Å². The highest BCUT2D eigenvalue weighted by molar-refractivity contribution is 9.10. The molecule has 0 unspecified atom stereocenters. The van der Waals surface area contributed by atoms with Crippen molar-refractivity contribution in [2.45, 2.75) is 6.42 Å². The summed E-state index contributed by atoms with van der Waals surface area (Å²) >= 11 is 5.34. The van der Waals surface area contributed by atoms with Crippen LogP contribution in [0.3, 0.4) is 0 Å². The Hall–Kier alpha value is -1.26. The molecule has 0 radical (unpaired) electrons. The van der Waals surface area contributed by atoms with E-state index >= 15 is 0 Å². The first kappa shape index (κ1) is 13.7. The van der Waals surface area contributed by atoms with Crippen LogP contribution in [-0.2, 0) is 6.42 Å². The van der Waals surface area contributed by atoms with E-state index in [2.05, 4.69) is 39.3 Å². The lowest BCUT2D eigenvalue weighted by atomic mass is 9.97. The highest BCUT2D eigenvalue weighted by Crippen LogP contribution is 2.29. The number of benzene rings is 2. The molecule has 4 heteroatoms. The number of hydrogen-bond acceptors (Lipinski definition) is 2. The number of aryl methyl sites for hydroxylation is 1. The Morgan fingerprint density at radius 2 is 2.05 bits per heavy atom. The summed E-state index contributed by atoms with van der Waals surface area (Å²) in [6.45, 7) is 0. The molecular formula is C16H14BrNOS. The predicted molar refractivity (Wildman–Crippen MR) is 91.9 cm³/mol. The number of rotatable bonds is 3. The summed E-state index contributed by atoms with van der Waals surface area (Å²) in [7, 11) is 0. The van der Waals surface area contributed by atoms with Gasteiger partial charge in [-0.15, -0.1) is 0 Å². The molecule has 0 spiro atoms. The van der Waals surface area contributed by atoms with E-state index in [0.717, 1.165) is 32.8 Å². The van der Waals surface area contributed by atoms with Gasteiger partial charge in [-0.2, -0.15) is 11.8 Å². The minimum Gasteiger partial charge on any atom is -0.329 e. The summed E-state index contributed by atoms with van der Waals surface area (Å²) in [6.07, 6.45) is 4.85. The predicted octanol–water partition coefficient (Wildman–Crippen LogP) is 4.35. The van der Waals surface area contributed by atoms with Gasteiger partial charge in [0.25, 0.3) is 5.56 Å². The lowest BCUT2D eigenvalue weighted by Gasteiger charge is -2.10. The Bertz CT molecular complexity index is 841. The maximum absolute atomic E-state index is 12.2. The van der Waals surface area contributed by atoms with Crippen molar-refractivity contribution in [2.24, 2.45) is 0 Å². The molecule has 1 heterocycles. The summed E-state index contributed by atoms with van der Waals surface area (Å²) < 4.78 is 0.997. The first-order valence-corrected chi connectivity index (χ1v) is 8.61. The Labute approximate surface area is 129 Å². The highest BCUT2D eigenvalue weighted by Gasteiger charge is 2.09. The lowest BCUT2D eigenvalue weighted by molar-refractivity contribution is 1.18. The molecule has 1 aromatic heterocycles. The van der Waals surface area contributed by atoms with Gasteiger partial charge in [0.15, 0.2) is 0 Å². The normalized spacial score (nSPS) is 11.3. The Balaban J connectivity index is 2.42. The maximum Gasteiger partial charge on any atom is 0.256 e. The van der Waals surface area contributed by atoms with Crippen LogP contribution < -0.4 is 5.56 Å². The van der Waals surface area contributed by atoms with E-state index in [4.69, 9.17) is 0 Å². The SMILES string of the molecule is CSCCc1cc2cc[nH]c(=O)c2c2cc(Br)ccc12. The van der Waals surface area contributed by atoms with Gasteiger partial charge in [0.05, 0.1) is 5.39 Å².